The van der Waals surface area contributed by atoms with Crippen LogP contribution in [0.3, 0.4) is 0 Å². The summed E-state index contributed by atoms with van der Waals surface area (Å²) in [5, 5.41) is 3.54. The maximum absolute atomic E-state index is 11.6. The Morgan fingerprint density at radius 1 is 0.800 bits per heavy atom. The highest BCUT2D eigenvalue weighted by molar-refractivity contribution is 6.31. The minimum absolute atomic E-state index is 0.0568. The predicted octanol–water partition coefficient (Wildman–Crippen LogP) is 5.61. The van der Waals surface area contributed by atoms with E-state index in [9.17, 15) is 4.79 Å². The Morgan fingerprint density at radius 2 is 1.27 bits per heavy atom. The molecule has 0 aliphatic rings. The average molecular weight is 422 g/mol. The quantitative estimate of drug-likeness (QED) is 0.525. The molecule has 0 aliphatic heterocycles. The van der Waals surface area contributed by atoms with Gasteiger partial charge in [-0.2, -0.15) is 0 Å². The largest absolute Gasteiger partial charge is 0.378 e. The summed E-state index contributed by atoms with van der Waals surface area (Å²) in [5.41, 5.74) is 6.25. The van der Waals surface area contributed by atoms with Gasteiger partial charge in [0.1, 0.15) is 0 Å². The zero-order chi connectivity index (χ0) is 21.8. The minimum atomic E-state index is -0.106. The van der Waals surface area contributed by atoms with Gasteiger partial charge in [0.2, 0.25) is 5.91 Å². The summed E-state index contributed by atoms with van der Waals surface area (Å²) in [6.45, 7) is 1.51. The van der Waals surface area contributed by atoms with Crippen LogP contribution in [0.5, 0.6) is 0 Å². The van der Waals surface area contributed by atoms with Crippen molar-refractivity contribution < 1.29 is 4.79 Å². The van der Waals surface area contributed by atoms with Gasteiger partial charge in [0.25, 0.3) is 0 Å². The minimum Gasteiger partial charge on any atom is -0.378 e. The number of nitrogens with one attached hydrogen (secondary N) is 1. The fourth-order valence-corrected chi connectivity index (χ4v) is 3.75. The van der Waals surface area contributed by atoms with Crippen LogP contribution in [-0.4, -0.2) is 34.1 Å². The van der Waals surface area contributed by atoms with E-state index in [1.54, 1.807) is 0 Å². The van der Waals surface area contributed by atoms with Gasteiger partial charge >= 0.3 is 0 Å². The summed E-state index contributed by atoms with van der Waals surface area (Å²) in [6.07, 6.45) is 0. The zero-order valence-electron chi connectivity index (χ0n) is 18.1. The van der Waals surface area contributed by atoms with Crippen molar-refractivity contribution in [2.24, 2.45) is 0 Å². The number of hydrogen-bond donors (Lipinski definition) is 1. The molecule has 5 heteroatoms. The first-order chi connectivity index (χ1) is 14.3. The Bertz CT molecular complexity index is 960. The van der Waals surface area contributed by atoms with Gasteiger partial charge in [-0.3, -0.25) is 4.79 Å². The maximum atomic E-state index is 11.6. The van der Waals surface area contributed by atoms with E-state index in [0.717, 1.165) is 33.8 Å². The van der Waals surface area contributed by atoms with Crippen molar-refractivity contribution in [2.75, 3.05) is 43.3 Å². The highest BCUT2D eigenvalue weighted by atomic mass is 35.5. The Balaban J connectivity index is 2.13. The van der Waals surface area contributed by atoms with Crippen LogP contribution in [0.25, 0.3) is 0 Å². The van der Waals surface area contributed by atoms with Crippen LogP contribution in [-0.2, 0) is 4.79 Å². The number of carbonyl (C=O) groups is 1. The second-order valence-electron chi connectivity index (χ2n) is 7.82. The molecule has 4 nitrogen and oxygen atoms in total. The molecular formula is C25H28ClN3O. The first kappa shape index (κ1) is 21.7. The predicted molar refractivity (Wildman–Crippen MR) is 128 cm³/mol. The van der Waals surface area contributed by atoms with Gasteiger partial charge in [-0.25, -0.2) is 0 Å². The van der Waals surface area contributed by atoms with Crippen LogP contribution >= 0.6 is 11.6 Å². The normalized spacial score (nSPS) is 10.8. The standard InChI is InChI=1S/C25H28ClN3O/c1-17(30)27-20-10-15-24(26)23(16-20)25(18-6-11-21(12-7-18)28(2)3)19-8-13-22(14-9-19)29(4)5/h6-16,25H,1-5H3,(H,27,30). The van der Waals surface area contributed by atoms with Crippen molar-refractivity contribution in [3.63, 3.8) is 0 Å². The number of halogens is 1. The molecule has 156 valence electrons. The molecule has 0 unspecified atom stereocenters. The zero-order valence-corrected chi connectivity index (χ0v) is 18.9. The molecule has 3 aromatic rings. The van der Waals surface area contributed by atoms with E-state index >= 15 is 0 Å². The molecule has 0 bridgehead atoms. The monoisotopic (exact) mass is 421 g/mol. The summed E-state index contributed by atoms with van der Waals surface area (Å²) in [4.78, 5) is 15.7. The Kier molecular flexibility index (Phi) is 6.68. The molecule has 0 radical (unpaired) electrons. The topological polar surface area (TPSA) is 35.6 Å². The van der Waals surface area contributed by atoms with Crippen LogP contribution in [0.4, 0.5) is 17.1 Å². The fourth-order valence-electron chi connectivity index (χ4n) is 3.53. The Labute approximate surface area is 184 Å². The van der Waals surface area contributed by atoms with Crippen LogP contribution in [0.1, 0.15) is 29.5 Å². The first-order valence-corrected chi connectivity index (χ1v) is 10.3. The van der Waals surface area contributed by atoms with E-state index in [2.05, 4.69) is 63.6 Å². The number of carbonyl (C=O) groups excluding carboxylic acids is 1. The van der Waals surface area contributed by atoms with Gasteiger partial charge in [-0.15, -0.1) is 0 Å². The van der Waals surface area contributed by atoms with Gasteiger partial charge in [-0.05, 0) is 59.2 Å². The number of benzene rings is 3. The van der Waals surface area contributed by atoms with Crippen molar-refractivity contribution in [2.45, 2.75) is 12.8 Å². The summed E-state index contributed by atoms with van der Waals surface area (Å²) >= 11 is 6.66. The summed E-state index contributed by atoms with van der Waals surface area (Å²) in [6, 6.07) is 22.7. The van der Waals surface area contributed by atoms with Crippen molar-refractivity contribution in [3.8, 4) is 0 Å². The molecule has 0 aliphatic carbocycles. The highest BCUT2D eigenvalue weighted by Crippen LogP contribution is 2.38. The molecule has 3 aromatic carbocycles. The van der Waals surface area contributed by atoms with Crippen molar-refractivity contribution in [1.82, 2.24) is 0 Å². The summed E-state index contributed by atoms with van der Waals surface area (Å²) < 4.78 is 0. The summed E-state index contributed by atoms with van der Waals surface area (Å²) in [5.74, 6) is -0.163. The molecule has 0 spiro atoms. The number of nitrogens with zero attached hydrogens (tertiary/aromatic N) is 2. The fraction of sp³-hybridized carbons (Fsp3) is 0.240. The molecule has 0 saturated heterocycles. The Morgan fingerprint density at radius 3 is 1.67 bits per heavy atom. The first-order valence-electron chi connectivity index (χ1n) is 9.88. The molecule has 0 fully saturated rings. The third-order valence-corrected chi connectivity index (χ3v) is 5.46. The van der Waals surface area contributed by atoms with Crippen LogP contribution in [0, 0.1) is 0 Å². The molecule has 0 aromatic heterocycles. The lowest BCUT2D eigenvalue weighted by atomic mass is 9.84. The smallest absolute Gasteiger partial charge is 0.221 e. The highest BCUT2D eigenvalue weighted by Gasteiger charge is 2.20. The molecule has 1 N–H and O–H groups in total. The molecule has 0 atom stereocenters. The summed E-state index contributed by atoms with van der Waals surface area (Å²) in [7, 11) is 8.11. The SMILES string of the molecule is CC(=O)Nc1ccc(Cl)c(C(c2ccc(N(C)C)cc2)c2ccc(N(C)C)cc2)c1. The lowest BCUT2D eigenvalue weighted by molar-refractivity contribution is -0.114. The van der Waals surface area contributed by atoms with Gasteiger partial charge in [0, 0.05) is 63.1 Å². The van der Waals surface area contributed by atoms with E-state index < -0.39 is 0 Å². The third kappa shape index (κ3) is 4.95. The van der Waals surface area contributed by atoms with Gasteiger partial charge in [0.05, 0.1) is 0 Å². The lowest BCUT2D eigenvalue weighted by Gasteiger charge is -2.23. The van der Waals surface area contributed by atoms with Gasteiger partial charge < -0.3 is 15.1 Å². The van der Waals surface area contributed by atoms with Crippen molar-refractivity contribution >= 4 is 34.6 Å². The van der Waals surface area contributed by atoms with Gasteiger partial charge in [-0.1, -0.05) is 35.9 Å². The number of anilines is 3. The molecule has 0 saturated carbocycles. The second-order valence-corrected chi connectivity index (χ2v) is 8.23. The maximum Gasteiger partial charge on any atom is 0.221 e. The van der Waals surface area contributed by atoms with E-state index in [1.807, 2.05) is 46.4 Å². The second kappa shape index (κ2) is 9.23. The van der Waals surface area contributed by atoms with E-state index in [4.69, 9.17) is 11.6 Å². The molecule has 30 heavy (non-hydrogen) atoms. The van der Waals surface area contributed by atoms with Gasteiger partial charge in [0.15, 0.2) is 0 Å². The average Bonchev–Trinajstić information content (AvgIpc) is 2.71. The molecule has 0 heterocycles. The van der Waals surface area contributed by atoms with Crippen LogP contribution in [0.15, 0.2) is 66.7 Å². The van der Waals surface area contributed by atoms with E-state index in [-0.39, 0.29) is 11.8 Å². The molecule has 3 rings (SSSR count). The van der Waals surface area contributed by atoms with Crippen LogP contribution < -0.4 is 15.1 Å². The molecular weight excluding hydrogens is 394 g/mol. The van der Waals surface area contributed by atoms with E-state index in [0.29, 0.717) is 5.02 Å². The third-order valence-electron chi connectivity index (χ3n) is 5.11. The molecule has 1 amide bonds. The number of amides is 1. The number of rotatable bonds is 6. The van der Waals surface area contributed by atoms with Crippen molar-refractivity contribution in [3.05, 3.63) is 88.4 Å². The van der Waals surface area contributed by atoms with E-state index in [1.165, 1.54) is 6.92 Å². The van der Waals surface area contributed by atoms with Crippen LogP contribution in [0.2, 0.25) is 5.02 Å². The number of hydrogen-bond acceptors (Lipinski definition) is 3. The van der Waals surface area contributed by atoms with Crippen molar-refractivity contribution in [1.29, 1.82) is 0 Å². The Hall–Kier alpha value is -2.98. The lowest BCUT2D eigenvalue weighted by Crippen LogP contribution is -2.11.